The average Bonchev–Trinajstić information content (AvgIpc) is 4.03. The summed E-state index contributed by atoms with van der Waals surface area (Å²) in [7, 11) is 4.74. The summed E-state index contributed by atoms with van der Waals surface area (Å²) in [6, 6.07) is 23.7. The fourth-order valence-electron chi connectivity index (χ4n) is 9.77. The van der Waals surface area contributed by atoms with Crippen molar-refractivity contribution in [1.82, 2.24) is 20.1 Å². The molecule has 1 N–H and O–H groups in total. The third-order valence-corrected chi connectivity index (χ3v) is 16.9. The summed E-state index contributed by atoms with van der Waals surface area (Å²) in [4.78, 5) is 82.1. The number of methoxy groups -OCH3 is 3. The minimum atomic E-state index is -1.80. The average molecular weight is 1110 g/mol. The predicted octanol–water partition coefficient (Wildman–Crippen LogP) is 6.14. The lowest BCUT2D eigenvalue weighted by atomic mass is 10.0. The molecule has 0 radical (unpaired) electrons. The van der Waals surface area contributed by atoms with Crippen LogP contribution in [0.1, 0.15) is 58.0 Å². The second-order valence-corrected chi connectivity index (χ2v) is 22.1. The number of carbonyl (C=O) groups excluding carboxylic acids is 5. The molecule has 3 saturated heterocycles. The molecule has 2 bridgehead atoms. The summed E-state index contributed by atoms with van der Waals surface area (Å²) in [6.07, 6.45) is -0.351. The van der Waals surface area contributed by atoms with E-state index in [1.54, 1.807) is 70.0 Å². The minimum absolute atomic E-state index is 0.0287. The number of hydrogen-bond acceptors (Lipinski definition) is 16. The molecule has 4 aliphatic rings. The Morgan fingerprint density at radius 3 is 2.08 bits per heavy atom. The van der Waals surface area contributed by atoms with Gasteiger partial charge in [0.1, 0.15) is 60.8 Å². The molecular formula is C55H58ClN6O13S2+. The third kappa shape index (κ3) is 11.9. The lowest BCUT2D eigenvalue weighted by molar-refractivity contribution is -0.916. The van der Waals surface area contributed by atoms with Crippen molar-refractivity contribution in [3.63, 3.8) is 0 Å². The van der Waals surface area contributed by atoms with Crippen molar-refractivity contribution in [1.29, 1.82) is 0 Å². The molecule has 3 fully saturated rings. The zero-order valence-corrected chi connectivity index (χ0v) is 45.7. The Bertz CT molecular complexity index is 3100. The molecule has 0 aliphatic carbocycles. The monoisotopic (exact) mass is 1110 g/mol. The molecular weight excluding hydrogens is 1050 g/mol. The van der Waals surface area contributed by atoms with E-state index in [1.807, 2.05) is 53.4 Å². The number of β-lactam (4-membered cyclic amide) rings is 1. The van der Waals surface area contributed by atoms with Gasteiger partial charge in [0.05, 0.1) is 74.7 Å². The second kappa shape index (κ2) is 23.6. The first-order chi connectivity index (χ1) is 37.1. The van der Waals surface area contributed by atoms with Crippen LogP contribution in [0.3, 0.4) is 0 Å². The van der Waals surface area contributed by atoms with Gasteiger partial charge in [-0.3, -0.25) is 24.1 Å². The van der Waals surface area contributed by atoms with Gasteiger partial charge < -0.3 is 52.5 Å². The van der Waals surface area contributed by atoms with Crippen LogP contribution in [0.15, 0.2) is 107 Å². The Morgan fingerprint density at radius 2 is 1.49 bits per heavy atom. The maximum atomic E-state index is 14.7. The van der Waals surface area contributed by atoms with Crippen molar-refractivity contribution in [3.05, 3.63) is 140 Å². The normalized spacial score (nSPS) is 21.1. The first-order valence-corrected chi connectivity index (χ1v) is 27.4. The van der Waals surface area contributed by atoms with Crippen molar-refractivity contribution < 1.29 is 66.3 Å². The molecule has 1 aromatic heterocycles. The van der Waals surface area contributed by atoms with Gasteiger partial charge >= 0.3 is 5.97 Å². The molecule has 5 aromatic rings. The number of amides is 3. The molecule has 0 saturated carbocycles. The molecule has 77 heavy (non-hydrogen) atoms. The minimum Gasteiger partial charge on any atom is -0.614 e. The summed E-state index contributed by atoms with van der Waals surface area (Å²) in [6.45, 7) is 6.93. The Balaban J connectivity index is 0.948. The second-order valence-electron chi connectivity index (χ2n) is 19.1. The summed E-state index contributed by atoms with van der Waals surface area (Å²) in [5, 5.41) is 7.83. The summed E-state index contributed by atoms with van der Waals surface area (Å²) in [5.41, 5.74) is 2.95. The lowest BCUT2D eigenvalue weighted by Crippen LogP contribution is -2.75. The molecule has 4 aliphatic heterocycles. The molecule has 9 rings (SSSR count). The van der Waals surface area contributed by atoms with E-state index in [0.717, 1.165) is 11.1 Å². The van der Waals surface area contributed by atoms with Gasteiger partial charge in [-0.1, -0.05) is 53.2 Å². The number of nitrogens with one attached hydrogen (secondary N) is 1. The first-order valence-electron chi connectivity index (χ1n) is 24.8. The van der Waals surface area contributed by atoms with Crippen LogP contribution in [0, 0.1) is 6.92 Å². The molecule has 0 spiro atoms. The quantitative estimate of drug-likeness (QED) is 0.0218. The van der Waals surface area contributed by atoms with E-state index < -0.39 is 46.5 Å². The number of rotatable bonds is 21. The Morgan fingerprint density at radius 1 is 0.883 bits per heavy atom. The van der Waals surface area contributed by atoms with E-state index in [1.165, 1.54) is 30.1 Å². The SMILES string of the molecule is COc1ccc(COC(=O)C2=C(C[N@@+]34CC[C@@H](C3)N(C(=O)c3ccc(OCc5ccc(OC)cc5)c(OCc5ccc(OC)cc5)c3Cl)CC4)C[S+]([O-])[C@@H]3[C@H](NC(=O)/C(=N\O[C@@H](C)C(C)=O)c4csc(C)n4)C(=O)N23)cc1. The van der Waals surface area contributed by atoms with Crippen LogP contribution in [-0.4, -0.2) is 142 Å². The van der Waals surface area contributed by atoms with Gasteiger partial charge in [-0.15, -0.1) is 11.3 Å². The first kappa shape index (κ1) is 54.6. The van der Waals surface area contributed by atoms with E-state index in [-0.39, 0.29) is 83.3 Å². The van der Waals surface area contributed by atoms with Crippen molar-refractivity contribution in [2.75, 3.05) is 59.8 Å². The number of oxime groups is 1. The third-order valence-electron chi connectivity index (χ3n) is 14.1. The highest BCUT2D eigenvalue weighted by Gasteiger charge is 2.62. The number of thiazole rings is 1. The van der Waals surface area contributed by atoms with Crippen molar-refractivity contribution >= 4 is 69.3 Å². The maximum absolute atomic E-state index is 14.7. The van der Waals surface area contributed by atoms with Crippen LogP contribution >= 0.6 is 22.9 Å². The van der Waals surface area contributed by atoms with Gasteiger partial charge in [0.2, 0.25) is 5.37 Å². The maximum Gasteiger partial charge on any atom is 0.355 e. The van der Waals surface area contributed by atoms with E-state index in [0.29, 0.717) is 76.2 Å². The zero-order chi connectivity index (χ0) is 54.5. The Labute approximate surface area is 457 Å². The number of nitrogens with zero attached hydrogens (tertiary/aromatic N) is 5. The highest BCUT2D eigenvalue weighted by molar-refractivity contribution is 7.92. The summed E-state index contributed by atoms with van der Waals surface area (Å²) < 4.78 is 49.3. The van der Waals surface area contributed by atoms with Gasteiger partial charge in [-0.2, -0.15) is 0 Å². The van der Waals surface area contributed by atoms with E-state index >= 15 is 0 Å². The largest absolute Gasteiger partial charge is 0.614 e. The summed E-state index contributed by atoms with van der Waals surface area (Å²) in [5.74, 6) is -0.413. The number of ether oxygens (including phenoxy) is 6. The molecule has 22 heteroatoms. The highest BCUT2D eigenvalue weighted by atomic mass is 35.5. The van der Waals surface area contributed by atoms with Gasteiger partial charge in [0, 0.05) is 11.8 Å². The number of fused-ring (bicyclic) bond motifs is 3. The predicted molar refractivity (Wildman–Crippen MR) is 285 cm³/mol. The lowest BCUT2D eigenvalue weighted by Gasteiger charge is -2.50. The van der Waals surface area contributed by atoms with Crippen molar-refractivity contribution in [3.8, 4) is 28.7 Å². The molecule has 404 valence electrons. The Hall–Kier alpha value is -7.17. The molecule has 1 unspecified atom stereocenters. The standard InChI is InChI=1S/C55H57ClN6O13S2/c1-32(63)33(2)75-59-47(44-30-76-34(3)57-44)51(64)58-48-53(66)61-49(55(67)74-29-37-11-17-42(71-6)18-12-37)38(31-77(68)54(48)61)25-62-23-21-39(26-62)60(22-24-62)52(65)43-19-20-45(72-27-35-7-13-40(69-4)14-8-35)50(46(43)56)73-28-36-9-15-41(70-5)16-10-36/h7-20,30,33,39,48,54H,21-29,31H2,1-6H3/p+1/b59-47-/t33-,39-,48+,54+,62-,77?/m0/s1. The van der Waals surface area contributed by atoms with Gasteiger partial charge in [0.15, 0.2) is 35.1 Å². The fraction of sp³-hybridized carbons (Fsp3) is 0.364. The summed E-state index contributed by atoms with van der Waals surface area (Å²) >= 11 is 6.61. The van der Waals surface area contributed by atoms with Crippen LogP contribution in [0.5, 0.6) is 28.7 Å². The number of aryl methyl sites for hydroxylation is 1. The fourth-order valence-corrected chi connectivity index (χ4v) is 12.3. The molecule has 3 amide bonds. The van der Waals surface area contributed by atoms with Gasteiger partial charge in [-0.05, 0) is 97.2 Å². The van der Waals surface area contributed by atoms with Crippen LogP contribution < -0.4 is 29.0 Å². The van der Waals surface area contributed by atoms with Crippen LogP contribution in [0.2, 0.25) is 5.02 Å². The number of halogens is 1. The number of carbonyl (C=O) groups is 5. The van der Waals surface area contributed by atoms with E-state index in [4.69, 9.17) is 44.9 Å². The van der Waals surface area contributed by atoms with Crippen molar-refractivity contribution in [2.45, 2.75) is 70.6 Å². The highest BCUT2D eigenvalue weighted by Crippen LogP contribution is 2.43. The number of piperazine rings is 1. The smallest absolute Gasteiger partial charge is 0.355 e. The van der Waals surface area contributed by atoms with Gasteiger partial charge in [-0.25, -0.2) is 9.78 Å². The Kier molecular flexibility index (Phi) is 16.7. The molecule has 4 aromatic carbocycles. The molecule has 6 atom stereocenters. The van der Waals surface area contributed by atoms with Crippen LogP contribution in [-0.2, 0) is 59.7 Å². The number of esters is 1. The van der Waals surface area contributed by atoms with Crippen molar-refractivity contribution in [2.24, 2.45) is 5.16 Å². The van der Waals surface area contributed by atoms with E-state index in [2.05, 4.69) is 15.5 Å². The molecule has 5 heterocycles. The van der Waals surface area contributed by atoms with Crippen LogP contribution in [0.25, 0.3) is 0 Å². The topological polar surface area (TPSA) is 217 Å². The number of quaternary nitrogens is 1. The van der Waals surface area contributed by atoms with Gasteiger partial charge in [0.25, 0.3) is 17.7 Å². The molecule has 19 nitrogen and oxygen atoms in total. The number of benzene rings is 4. The number of Topliss-reactive ketones (excluding diaryl/α,β-unsaturated/α-hetero) is 1. The zero-order valence-electron chi connectivity index (χ0n) is 43.3. The number of ketones is 1. The van der Waals surface area contributed by atoms with E-state index in [9.17, 15) is 28.5 Å². The number of hydrogen-bond donors (Lipinski definition) is 1. The number of aromatic nitrogens is 1. The van der Waals surface area contributed by atoms with Crippen LogP contribution in [0.4, 0.5) is 0 Å².